The van der Waals surface area contributed by atoms with Crippen molar-refractivity contribution in [2.75, 3.05) is 13.1 Å². The van der Waals surface area contributed by atoms with Crippen LogP contribution in [0, 0.1) is 5.41 Å². The molecule has 3 amide bonds. The number of hydrogen-bond acceptors (Lipinski definition) is 2. The van der Waals surface area contributed by atoms with Crippen LogP contribution in [-0.4, -0.2) is 29.9 Å². The fourth-order valence-corrected chi connectivity index (χ4v) is 1.07. The van der Waals surface area contributed by atoms with Gasteiger partial charge in [-0.25, -0.2) is 4.79 Å². The summed E-state index contributed by atoms with van der Waals surface area (Å²) in [6.07, 6.45) is 0. The van der Waals surface area contributed by atoms with Crippen molar-refractivity contribution in [3.05, 3.63) is 0 Å². The minimum absolute atomic E-state index is 0.113. The smallest absolute Gasteiger partial charge is 0.324 e. The Morgan fingerprint density at radius 1 is 1.50 bits per heavy atom. The maximum absolute atomic E-state index is 11.5. The van der Waals surface area contributed by atoms with Gasteiger partial charge in [0.15, 0.2) is 0 Å². The number of imide groups is 1. The number of nitrogens with one attached hydrogen (secondary N) is 1. The van der Waals surface area contributed by atoms with Gasteiger partial charge in [0, 0.05) is 18.5 Å². The summed E-state index contributed by atoms with van der Waals surface area (Å²) in [4.78, 5) is 23.9. The first-order valence-electron chi connectivity index (χ1n) is 4.03. The number of hydrogen-bond donors (Lipinski definition) is 1. The van der Waals surface area contributed by atoms with Crippen molar-refractivity contribution < 1.29 is 9.59 Å². The quantitative estimate of drug-likeness (QED) is 0.578. The highest BCUT2D eigenvalue weighted by Gasteiger charge is 2.33. The van der Waals surface area contributed by atoms with E-state index in [0.29, 0.717) is 13.1 Å². The maximum Gasteiger partial charge on any atom is 0.324 e. The molecule has 1 aliphatic rings. The number of amides is 3. The topological polar surface area (TPSA) is 49.4 Å². The van der Waals surface area contributed by atoms with Gasteiger partial charge in [-0.05, 0) is 0 Å². The normalized spacial score (nSPS) is 17.9. The van der Waals surface area contributed by atoms with Crippen LogP contribution in [0.25, 0.3) is 0 Å². The van der Waals surface area contributed by atoms with Crippen LogP contribution in [0.5, 0.6) is 0 Å². The van der Waals surface area contributed by atoms with E-state index in [1.165, 1.54) is 4.90 Å². The highest BCUT2D eigenvalue weighted by molar-refractivity contribution is 5.98. The summed E-state index contributed by atoms with van der Waals surface area (Å²) >= 11 is 0. The average molecular weight is 170 g/mol. The largest absolute Gasteiger partial charge is 0.336 e. The minimum atomic E-state index is -0.471. The Morgan fingerprint density at radius 3 is 2.42 bits per heavy atom. The Balaban J connectivity index is 2.71. The Hall–Kier alpha value is -1.06. The van der Waals surface area contributed by atoms with Crippen molar-refractivity contribution in [3.8, 4) is 0 Å². The minimum Gasteiger partial charge on any atom is -0.336 e. The van der Waals surface area contributed by atoms with E-state index in [2.05, 4.69) is 5.32 Å². The molecule has 0 radical (unpaired) electrons. The molecular weight excluding hydrogens is 156 g/mol. The van der Waals surface area contributed by atoms with Crippen LogP contribution in [0.4, 0.5) is 4.79 Å². The summed E-state index contributed by atoms with van der Waals surface area (Å²) in [6, 6.07) is -0.269. The van der Waals surface area contributed by atoms with E-state index < -0.39 is 5.41 Å². The summed E-state index contributed by atoms with van der Waals surface area (Å²) in [7, 11) is 0. The highest BCUT2D eigenvalue weighted by atomic mass is 16.2. The monoisotopic (exact) mass is 170 g/mol. The molecule has 68 valence electrons. The van der Waals surface area contributed by atoms with Gasteiger partial charge in [-0.1, -0.05) is 20.8 Å². The Kier molecular flexibility index (Phi) is 2.08. The highest BCUT2D eigenvalue weighted by Crippen LogP contribution is 2.18. The average Bonchev–Trinajstić information content (AvgIpc) is 2.31. The molecule has 1 fully saturated rings. The first-order chi connectivity index (χ1) is 5.43. The summed E-state index contributed by atoms with van der Waals surface area (Å²) in [5.41, 5.74) is -0.471. The second-order valence-electron chi connectivity index (χ2n) is 3.94. The molecule has 1 aliphatic heterocycles. The van der Waals surface area contributed by atoms with Crippen molar-refractivity contribution in [2.24, 2.45) is 5.41 Å². The van der Waals surface area contributed by atoms with Gasteiger partial charge in [-0.15, -0.1) is 0 Å². The zero-order valence-corrected chi connectivity index (χ0v) is 7.68. The Labute approximate surface area is 71.9 Å². The van der Waals surface area contributed by atoms with Crippen molar-refractivity contribution >= 4 is 11.9 Å². The molecule has 0 aromatic carbocycles. The summed E-state index contributed by atoms with van der Waals surface area (Å²) < 4.78 is 0. The van der Waals surface area contributed by atoms with Gasteiger partial charge in [0.2, 0.25) is 5.91 Å². The van der Waals surface area contributed by atoms with Gasteiger partial charge < -0.3 is 5.32 Å². The molecule has 0 saturated carbocycles. The predicted octanol–water partition coefficient (Wildman–Crippen LogP) is 0.584. The Morgan fingerprint density at radius 2 is 2.08 bits per heavy atom. The molecule has 1 saturated heterocycles. The number of nitrogens with zero attached hydrogens (tertiary/aromatic N) is 1. The van der Waals surface area contributed by atoms with E-state index in [1.54, 1.807) is 20.8 Å². The molecule has 1 rings (SSSR count). The fourth-order valence-electron chi connectivity index (χ4n) is 1.07. The van der Waals surface area contributed by atoms with E-state index in [1.807, 2.05) is 0 Å². The molecular formula is C8H14N2O2. The molecule has 0 spiro atoms. The molecule has 4 nitrogen and oxygen atoms in total. The van der Waals surface area contributed by atoms with E-state index >= 15 is 0 Å². The molecule has 4 heteroatoms. The van der Waals surface area contributed by atoms with Gasteiger partial charge in [0.25, 0.3) is 0 Å². The second kappa shape index (κ2) is 2.77. The van der Waals surface area contributed by atoms with Gasteiger partial charge in [-0.2, -0.15) is 0 Å². The zero-order valence-electron chi connectivity index (χ0n) is 7.68. The molecule has 0 aromatic heterocycles. The second-order valence-corrected chi connectivity index (χ2v) is 3.94. The molecule has 0 atom stereocenters. The van der Waals surface area contributed by atoms with Crippen LogP contribution >= 0.6 is 0 Å². The third kappa shape index (κ3) is 1.57. The zero-order chi connectivity index (χ0) is 9.35. The lowest BCUT2D eigenvalue weighted by atomic mass is 9.95. The van der Waals surface area contributed by atoms with E-state index in [9.17, 15) is 9.59 Å². The molecule has 0 unspecified atom stereocenters. The SMILES string of the molecule is CC(C)(C)C(=O)N1CCNC1=O. The van der Waals surface area contributed by atoms with Crippen LogP contribution in [0.1, 0.15) is 20.8 Å². The molecule has 0 bridgehead atoms. The Bertz CT molecular complexity index is 218. The van der Waals surface area contributed by atoms with Crippen LogP contribution in [-0.2, 0) is 4.79 Å². The van der Waals surface area contributed by atoms with Crippen LogP contribution in [0.15, 0.2) is 0 Å². The lowest BCUT2D eigenvalue weighted by Gasteiger charge is -2.22. The van der Waals surface area contributed by atoms with Gasteiger partial charge in [0.05, 0.1) is 0 Å². The van der Waals surface area contributed by atoms with E-state index in [4.69, 9.17) is 0 Å². The lowest BCUT2D eigenvalue weighted by molar-refractivity contribution is -0.135. The van der Waals surface area contributed by atoms with Crippen molar-refractivity contribution in [3.63, 3.8) is 0 Å². The van der Waals surface area contributed by atoms with Gasteiger partial charge >= 0.3 is 6.03 Å². The number of urea groups is 1. The fraction of sp³-hybridized carbons (Fsp3) is 0.750. The molecule has 0 aromatic rings. The standard InChI is InChI=1S/C8H14N2O2/c1-8(2,3)6(11)10-5-4-9-7(10)12/h4-5H2,1-3H3,(H,9,12). The van der Waals surface area contributed by atoms with Crippen LogP contribution < -0.4 is 5.32 Å². The number of carbonyl (C=O) groups is 2. The van der Waals surface area contributed by atoms with E-state index in [-0.39, 0.29) is 11.9 Å². The predicted molar refractivity (Wildman–Crippen MR) is 44.6 cm³/mol. The first-order valence-corrected chi connectivity index (χ1v) is 4.03. The van der Waals surface area contributed by atoms with E-state index in [0.717, 1.165) is 0 Å². The van der Waals surface area contributed by atoms with Gasteiger partial charge in [0.1, 0.15) is 0 Å². The summed E-state index contributed by atoms with van der Waals surface area (Å²) in [5.74, 6) is -0.113. The molecule has 0 aliphatic carbocycles. The summed E-state index contributed by atoms with van der Waals surface area (Å²) in [6.45, 7) is 6.48. The van der Waals surface area contributed by atoms with Crippen molar-refractivity contribution in [2.45, 2.75) is 20.8 Å². The number of rotatable bonds is 0. The molecule has 12 heavy (non-hydrogen) atoms. The molecule has 1 heterocycles. The van der Waals surface area contributed by atoms with Crippen molar-refractivity contribution in [1.29, 1.82) is 0 Å². The van der Waals surface area contributed by atoms with Crippen LogP contribution in [0.3, 0.4) is 0 Å². The summed E-state index contributed by atoms with van der Waals surface area (Å²) in [5, 5.41) is 2.59. The van der Waals surface area contributed by atoms with Crippen LogP contribution in [0.2, 0.25) is 0 Å². The third-order valence-corrected chi connectivity index (χ3v) is 1.74. The third-order valence-electron chi connectivity index (χ3n) is 1.74. The van der Waals surface area contributed by atoms with Gasteiger partial charge in [-0.3, -0.25) is 9.69 Å². The maximum atomic E-state index is 11.5. The first kappa shape index (κ1) is 9.03. The molecule has 1 N–H and O–H groups in total. The lowest BCUT2D eigenvalue weighted by Crippen LogP contribution is -2.41. The number of carbonyl (C=O) groups excluding carboxylic acids is 2. The van der Waals surface area contributed by atoms with Crippen molar-refractivity contribution in [1.82, 2.24) is 10.2 Å².